The number of rotatable bonds is 7. The van der Waals surface area contributed by atoms with E-state index >= 15 is 0 Å². The number of nitrogens with zero attached hydrogens (tertiary/aromatic N) is 2. The van der Waals surface area contributed by atoms with Crippen molar-refractivity contribution in [1.29, 1.82) is 0 Å². The van der Waals surface area contributed by atoms with Crippen molar-refractivity contribution >= 4 is 0 Å². The topological polar surface area (TPSA) is 37.4 Å². The molecular formula is C19H24FN3O. The average molecular weight is 329 g/mol. The fourth-order valence-corrected chi connectivity index (χ4v) is 3.24. The zero-order chi connectivity index (χ0) is 16.8. The Balaban J connectivity index is 1.71. The Labute approximate surface area is 142 Å². The van der Waals surface area contributed by atoms with Gasteiger partial charge < -0.3 is 10.1 Å². The Kier molecular flexibility index (Phi) is 5.77. The molecule has 1 atom stereocenters. The molecular weight excluding hydrogens is 305 g/mol. The quantitative estimate of drug-likeness (QED) is 0.848. The number of hydrogen-bond acceptors (Lipinski definition) is 4. The van der Waals surface area contributed by atoms with Crippen LogP contribution in [0.25, 0.3) is 0 Å². The highest BCUT2D eigenvalue weighted by atomic mass is 19.1. The zero-order valence-corrected chi connectivity index (χ0v) is 14.0. The summed E-state index contributed by atoms with van der Waals surface area (Å²) in [4.78, 5) is 6.57. The molecule has 0 unspecified atom stereocenters. The summed E-state index contributed by atoms with van der Waals surface area (Å²) in [5, 5.41) is 3.41. The second-order valence-electron chi connectivity index (χ2n) is 6.36. The van der Waals surface area contributed by atoms with E-state index < -0.39 is 0 Å². The number of aromatic nitrogens is 1. The lowest BCUT2D eigenvalue weighted by atomic mass is 10.1. The van der Waals surface area contributed by atoms with Gasteiger partial charge in [-0.15, -0.1) is 0 Å². The minimum absolute atomic E-state index is 0.289. The molecule has 0 saturated carbocycles. The highest BCUT2D eigenvalue weighted by Crippen LogP contribution is 2.20. The molecule has 3 rings (SSSR count). The molecule has 0 radical (unpaired) electrons. The van der Waals surface area contributed by atoms with Crippen molar-refractivity contribution in [3.05, 3.63) is 59.7 Å². The maximum absolute atomic E-state index is 14.0. The van der Waals surface area contributed by atoms with Crippen molar-refractivity contribution in [2.75, 3.05) is 26.7 Å². The number of methoxy groups -OCH3 is 1. The van der Waals surface area contributed by atoms with Crippen LogP contribution >= 0.6 is 0 Å². The van der Waals surface area contributed by atoms with Gasteiger partial charge in [-0.3, -0.25) is 9.88 Å². The molecule has 5 heteroatoms. The van der Waals surface area contributed by atoms with Crippen LogP contribution in [0.15, 0.2) is 42.7 Å². The summed E-state index contributed by atoms with van der Waals surface area (Å²) in [6.07, 6.45) is 4.88. The summed E-state index contributed by atoms with van der Waals surface area (Å²) < 4.78 is 19.0. The van der Waals surface area contributed by atoms with Gasteiger partial charge in [-0.05, 0) is 54.8 Å². The standard InChI is InChI=1S/C19H24FN3O/c1-24-19-5-4-15(9-18(19)20)12-23(14-17-6-8-22-11-17)13-16-3-2-7-21-10-16/h2-5,7,9-10,17,22H,6,8,11-14H2,1H3/t17-/m0/s1. The third kappa shape index (κ3) is 4.52. The van der Waals surface area contributed by atoms with Crippen LogP contribution in [0.5, 0.6) is 5.75 Å². The number of hydrogen-bond donors (Lipinski definition) is 1. The summed E-state index contributed by atoms with van der Waals surface area (Å²) in [5.74, 6) is 0.626. The molecule has 1 aromatic carbocycles. The Morgan fingerprint density at radius 1 is 1.29 bits per heavy atom. The van der Waals surface area contributed by atoms with Crippen LogP contribution in [0.3, 0.4) is 0 Å². The van der Waals surface area contributed by atoms with Gasteiger partial charge in [0.25, 0.3) is 0 Å². The van der Waals surface area contributed by atoms with Crippen LogP contribution in [-0.4, -0.2) is 36.6 Å². The van der Waals surface area contributed by atoms with E-state index in [-0.39, 0.29) is 11.6 Å². The van der Waals surface area contributed by atoms with Crippen molar-refractivity contribution in [3.63, 3.8) is 0 Å². The highest BCUT2D eigenvalue weighted by Gasteiger charge is 2.19. The average Bonchev–Trinajstić information content (AvgIpc) is 3.09. The Morgan fingerprint density at radius 3 is 2.83 bits per heavy atom. The summed E-state index contributed by atoms with van der Waals surface area (Å²) in [7, 11) is 1.49. The van der Waals surface area contributed by atoms with E-state index in [1.54, 1.807) is 18.3 Å². The second kappa shape index (κ2) is 8.22. The van der Waals surface area contributed by atoms with E-state index in [0.717, 1.165) is 31.7 Å². The fraction of sp³-hybridized carbons (Fsp3) is 0.421. The lowest BCUT2D eigenvalue weighted by molar-refractivity contribution is 0.220. The minimum Gasteiger partial charge on any atom is -0.494 e. The van der Waals surface area contributed by atoms with Gasteiger partial charge in [-0.2, -0.15) is 0 Å². The van der Waals surface area contributed by atoms with E-state index in [2.05, 4.69) is 21.3 Å². The maximum atomic E-state index is 14.0. The molecule has 0 spiro atoms. The predicted octanol–water partition coefficient (Wildman–Crippen LogP) is 2.84. The molecule has 1 aliphatic heterocycles. The molecule has 0 amide bonds. The van der Waals surface area contributed by atoms with Crippen LogP contribution in [-0.2, 0) is 13.1 Å². The van der Waals surface area contributed by atoms with E-state index in [4.69, 9.17) is 4.74 Å². The molecule has 0 bridgehead atoms. The number of halogens is 1. The predicted molar refractivity (Wildman–Crippen MR) is 92.3 cm³/mol. The first kappa shape index (κ1) is 16.9. The van der Waals surface area contributed by atoms with E-state index in [1.807, 2.05) is 18.3 Å². The SMILES string of the molecule is COc1ccc(CN(Cc2cccnc2)C[C@H]2CCNC2)cc1F. The molecule has 24 heavy (non-hydrogen) atoms. The molecule has 2 aromatic rings. The van der Waals surface area contributed by atoms with Gasteiger partial charge in [-0.1, -0.05) is 12.1 Å². The monoisotopic (exact) mass is 329 g/mol. The van der Waals surface area contributed by atoms with Gasteiger partial charge in [0.2, 0.25) is 0 Å². The molecule has 128 valence electrons. The summed E-state index contributed by atoms with van der Waals surface area (Å²) in [5.41, 5.74) is 2.14. The van der Waals surface area contributed by atoms with E-state index in [1.165, 1.54) is 19.1 Å². The van der Waals surface area contributed by atoms with Crippen LogP contribution in [0.4, 0.5) is 4.39 Å². The Bertz CT molecular complexity index is 644. The lowest BCUT2D eigenvalue weighted by Crippen LogP contribution is -2.30. The van der Waals surface area contributed by atoms with Crippen molar-refractivity contribution in [3.8, 4) is 5.75 Å². The number of benzene rings is 1. The molecule has 1 saturated heterocycles. The van der Waals surface area contributed by atoms with Gasteiger partial charge in [0.05, 0.1) is 7.11 Å². The molecule has 1 N–H and O–H groups in total. The summed E-state index contributed by atoms with van der Waals surface area (Å²) in [6.45, 7) is 4.67. The van der Waals surface area contributed by atoms with Gasteiger partial charge in [0, 0.05) is 32.0 Å². The molecule has 1 fully saturated rings. The van der Waals surface area contributed by atoms with Crippen molar-refractivity contribution in [1.82, 2.24) is 15.2 Å². The van der Waals surface area contributed by atoms with Crippen LogP contribution < -0.4 is 10.1 Å². The van der Waals surface area contributed by atoms with Gasteiger partial charge in [0.1, 0.15) is 0 Å². The maximum Gasteiger partial charge on any atom is 0.165 e. The first-order valence-electron chi connectivity index (χ1n) is 8.39. The lowest BCUT2D eigenvalue weighted by Gasteiger charge is -2.25. The third-order valence-electron chi connectivity index (χ3n) is 4.43. The first-order chi connectivity index (χ1) is 11.7. The molecule has 1 aliphatic rings. The fourth-order valence-electron chi connectivity index (χ4n) is 3.24. The normalized spacial score (nSPS) is 17.4. The highest BCUT2D eigenvalue weighted by molar-refractivity contribution is 5.29. The van der Waals surface area contributed by atoms with Gasteiger partial charge in [0.15, 0.2) is 11.6 Å². The van der Waals surface area contributed by atoms with Crippen molar-refractivity contribution in [2.45, 2.75) is 19.5 Å². The van der Waals surface area contributed by atoms with Crippen LogP contribution in [0.1, 0.15) is 17.5 Å². The first-order valence-corrected chi connectivity index (χ1v) is 8.39. The van der Waals surface area contributed by atoms with Crippen LogP contribution in [0, 0.1) is 11.7 Å². The number of pyridine rings is 1. The van der Waals surface area contributed by atoms with E-state index in [9.17, 15) is 4.39 Å². The molecule has 0 aliphatic carbocycles. The van der Waals surface area contributed by atoms with Crippen molar-refractivity contribution < 1.29 is 9.13 Å². The molecule has 1 aromatic heterocycles. The zero-order valence-electron chi connectivity index (χ0n) is 14.0. The minimum atomic E-state index is -0.307. The third-order valence-corrected chi connectivity index (χ3v) is 4.43. The van der Waals surface area contributed by atoms with Crippen molar-refractivity contribution in [2.24, 2.45) is 5.92 Å². The van der Waals surface area contributed by atoms with Gasteiger partial charge >= 0.3 is 0 Å². The second-order valence-corrected chi connectivity index (χ2v) is 6.36. The van der Waals surface area contributed by atoms with Gasteiger partial charge in [-0.25, -0.2) is 4.39 Å². The molecule has 4 nitrogen and oxygen atoms in total. The smallest absolute Gasteiger partial charge is 0.165 e. The number of ether oxygens (including phenoxy) is 1. The number of nitrogens with one attached hydrogen (secondary N) is 1. The van der Waals surface area contributed by atoms with Crippen LogP contribution in [0.2, 0.25) is 0 Å². The van der Waals surface area contributed by atoms with E-state index in [0.29, 0.717) is 12.5 Å². The molecule has 2 heterocycles. The largest absolute Gasteiger partial charge is 0.494 e. The summed E-state index contributed by atoms with van der Waals surface area (Å²) in [6, 6.07) is 9.25. The Hall–Kier alpha value is -1.98. The Morgan fingerprint density at radius 2 is 2.17 bits per heavy atom. The summed E-state index contributed by atoms with van der Waals surface area (Å²) >= 11 is 0.